The van der Waals surface area contributed by atoms with E-state index in [1.54, 1.807) is 0 Å². The van der Waals surface area contributed by atoms with Gasteiger partial charge in [-0.25, -0.2) is 0 Å². The molecule has 1 unspecified atom stereocenters. The molecule has 2 amide bonds. The van der Waals surface area contributed by atoms with Crippen molar-refractivity contribution in [2.75, 3.05) is 32.7 Å². The summed E-state index contributed by atoms with van der Waals surface area (Å²) in [5.74, 6) is 0.948. The number of nitrogens with two attached hydrogens (primary N) is 1. The maximum absolute atomic E-state index is 12.5. The Kier molecular flexibility index (Phi) is 9.34. The lowest BCUT2D eigenvalue weighted by Gasteiger charge is -2.38. The van der Waals surface area contributed by atoms with Gasteiger partial charge in [-0.1, -0.05) is 20.3 Å². The Morgan fingerprint density at radius 1 is 1.12 bits per heavy atom. The zero-order valence-corrected chi connectivity index (χ0v) is 17.4. The summed E-state index contributed by atoms with van der Waals surface area (Å²) in [6.07, 6.45) is 6.22. The molecule has 7 heteroatoms. The maximum atomic E-state index is 12.5. The largest absolute Gasteiger partial charge is 0.352 e. The van der Waals surface area contributed by atoms with Crippen LogP contribution in [0.25, 0.3) is 0 Å². The number of rotatable bonds is 6. The Morgan fingerprint density at radius 3 is 2.23 bits per heavy atom. The summed E-state index contributed by atoms with van der Waals surface area (Å²) < 4.78 is 0. The monoisotopic (exact) mass is 388 g/mol. The molecule has 0 spiro atoms. The van der Waals surface area contributed by atoms with Crippen molar-refractivity contribution in [3.8, 4) is 0 Å². The first-order valence-electron chi connectivity index (χ1n) is 9.91. The highest BCUT2D eigenvalue weighted by atomic mass is 35.5. The fourth-order valence-corrected chi connectivity index (χ4v) is 3.98. The number of nitrogens with zero attached hydrogens (tertiary/aromatic N) is 2. The summed E-state index contributed by atoms with van der Waals surface area (Å²) in [4.78, 5) is 28.8. The molecule has 26 heavy (non-hydrogen) atoms. The fourth-order valence-electron chi connectivity index (χ4n) is 3.98. The minimum Gasteiger partial charge on any atom is -0.352 e. The van der Waals surface area contributed by atoms with E-state index in [-0.39, 0.29) is 24.2 Å². The minimum absolute atomic E-state index is 0. The second kappa shape index (κ2) is 10.5. The molecular weight excluding hydrogens is 352 g/mol. The molecule has 1 saturated heterocycles. The van der Waals surface area contributed by atoms with Gasteiger partial charge in [0, 0.05) is 32.2 Å². The Labute approximate surface area is 164 Å². The van der Waals surface area contributed by atoms with Crippen molar-refractivity contribution in [2.24, 2.45) is 11.7 Å². The number of hydrogen-bond donors (Lipinski definition) is 2. The van der Waals surface area contributed by atoms with E-state index in [9.17, 15) is 9.59 Å². The van der Waals surface area contributed by atoms with Crippen LogP contribution in [0.1, 0.15) is 59.3 Å². The second-order valence-electron chi connectivity index (χ2n) is 8.26. The van der Waals surface area contributed by atoms with Crippen molar-refractivity contribution in [1.29, 1.82) is 0 Å². The number of hydrogen-bond acceptors (Lipinski definition) is 4. The SMILES string of the molecule is CCCC(C)(N)C(=O)N1CCN(CC(=O)NC2CCC(C)CC2)CC1.Cl. The molecule has 3 N–H and O–H groups in total. The lowest BCUT2D eigenvalue weighted by Crippen LogP contribution is -2.59. The van der Waals surface area contributed by atoms with E-state index in [4.69, 9.17) is 5.73 Å². The van der Waals surface area contributed by atoms with Crippen LogP contribution in [0.15, 0.2) is 0 Å². The van der Waals surface area contributed by atoms with Gasteiger partial charge >= 0.3 is 0 Å². The molecule has 2 fully saturated rings. The van der Waals surface area contributed by atoms with Gasteiger partial charge in [-0.15, -0.1) is 12.4 Å². The van der Waals surface area contributed by atoms with Crippen LogP contribution in [0.4, 0.5) is 0 Å². The van der Waals surface area contributed by atoms with E-state index in [1.807, 2.05) is 18.7 Å². The fraction of sp³-hybridized carbons (Fsp3) is 0.895. The van der Waals surface area contributed by atoms with Crippen molar-refractivity contribution in [1.82, 2.24) is 15.1 Å². The van der Waals surface area contributed by atoms with Crippen LogP contribution < -0.4 is 11.1 Å². The van der Waals surface area contributed by atoms with Crippen LogP contribution >= 0.6 is 12.4 Å². The van der Waals surface area contributed by atoms with Gasteiger partial charge in [0.2, 0.25) is 11.8 Å². The van der Waals surface area contributed by atoms with Crippen LogP contribution in [0.5, 0.6) is 0 Å². The molecule has 1 aliphatic heterocycles. The normalized spacial score (nSPS) is 26.5. The number of nitrogens with one attached hydrogen (secondary N) is 1. The lowest BCUT2D eigenvalue weighted by molar-refractivity contribution is -0.138. The smallest absolute Gasteiger partial charge is 0.242 e. The van der Waals surface area contributed by atoms with E-state index in [0.29, 0.717) is 32.1 Å². The molecule has 2 rings (SSSR count). The van der Waals surface area contributed by atoms with Gasteiger partial charge in [0.05, 0.1) is 12.1 Å². The third-order valence-electron chi connectivity index (χ3n) is 5.67. The van der Waals surface area contributed by atoms with Crippen molar-refractivity contribution in [3.63, 3.8) is 0 Å². The van der Waals surface area contributed by atoms with Gasteiger partial charge in [-0.3, -0.25) is 14.5 Å². The van der Waals surface area contributed by atoms with Crippen molar-refractivity contribution in [3.05, 3.63) is 0 Å². The maximum Gasteiger partial charge on any atom is 0.242 e. The van der Waals surface area contributed by atoms with Gasteiger partial charge < -0.3 is 16.0 Å². The molecule has 0 radical (unpaired) electrons. The first-order valence-corrected chi connectivity index (χ1v) is 9.91. The van der Waals surface area contributed by atoms with Crippen LogP contribution in [0.3, 0.4) is 0 Å². The summed E-state index contributed by atoms with van der Waals surface area (Å²) in [5, 5.41) is 3.18. The van der Waals surface area contributed by atoms with Gasteiger partial charge in [0.1, 0.15) is 0 Å². The first-order chi connectivity index (χ1) is 11.8. The molecule has 0 aromatic rings. The Balaban J connectivity index is 0.00000338. The van der Waals surface area contributed by atoms with Crippen molar-refractivity contribution < 1.29 is 9.59 Å². The Hall–Kier alpha value is -0.850. The van der Waals surface area contributed by atoms with E-state index in [2.05, 4.69) is 17.1 Å². The van der Waals surface area contributed by atoms with Crippen LogP contribution in [0, 0.1) is 5.92 Å². The first kappa shape index (κ1) is 23.2. The molecule has 152 valence electrons. The number of amides is 2. The van der Waals surface area contributed by atoms with E-state index < -0.39 is 5.54 Å². The molecule has 2 aliphatic rings. The van der Waals surface area contributed by atoms with E-state index in [0.717, 1.165) is 38.3 Å². The van der Waals surface area contributed by atoms with Crippen LogP contribution in [0.2, 0.25) is 0 Å². The summed E-state index contributed by atoms with van der Waals surface area (Å²) in [7, 11) is 0. The topological polar surface area (TPSA) is 78.7 Å². The summed E-state index contributed by atoms with van der Waals surface area (Å²) in [6.45, 7) is 9.37. The summed E-state index contributed by atoms with van der Waals surface area (Å²) in [5.41, 5.74) is 5.39. The molecule has 1 heterocycles. The van der Waals surface area contributed by atoms with Crippen molar-refractivity contribution in [2.45, 2.75) is 70.9 Å². The Morgan fingerprint density at radius 2 is 1.69 bits per heavy atom. The highest BCUT2D eigenvalue weighted by Gasteiger charge is 2.33. The highest BCUT2D eigenvalue weighted by molar-refractivity contribution is 5.86. The van der Waals surface area contributed by atoms with Gasteiger partial charge in [0.25, 0.3) is 0 Å². The third kappa shape index (κ3) is 6.71. The van der Waals surface area contributed by atoms with Gasteiger partial charge in [-0.2, -0.15) is 0 Å². The molecule has 0 bridgehead atoms. The number of carbonyl (C=O) groups is 2. The van der Waals surface area contributed by atoms with Crippen LogP contribution in [-0.4, -0.2) is 65.9 Å². The molecule has 0 aromatic heterocycles. The number of piperazine rings is 1. The highest BCUT2D eigenvalue weighted by Crippen LogP contribution is 2.23. The van der Waals surface area contributed by atoms with Crippen LogP contribution in [-0.2, 0) is 9.59 Å². The predicted octanol–water partition coefficient (Wildman–Crippen LogP) is 1.76. The quantitative estimate of drug-likeness (QED) is 0.726. The predicted molar refractivity (Wildman–Crippen MR) is 107 cm³/mol. The lowest BCUT2D eigenvalue weighted by atomic mass is 9.87. The average molecular weight is 389 g/mol. The molecule has 0 aromatic carbocycles. The zero-order chi connectivity index (χ0) is 18.4. The van der Waals surface area contributed by atoms with Gasteiger partial charge in [0.15, 0.2) is 0 Å². The average Bonchev–Trinajstić information content (AvgIpc) is 2.57. The number of halogens is 1. The molecule has 1 atom stereocenters. The minimum atomic E-state index is -0.771. The molecule has 1 aliphatic carbocycles. The zero-order valence-electron chi connectivity index (χ0n) is 16.6. The van der Waals surface area contributed by atoms with Gasteiger partial charge in [-0.05, 0) is 44.9 Å². The summed E-state index contributed by atoms with van der Waals surface area (Å²) in [6, 6.07) is 0.346. The second-order valence-corrected chi connectivity index (χ2v) is 8.26. The molecule has 1 saturated carbocycles. The summed E-state index contributed by atoms with van der Waals surface area (Å²) >= 11 is 0. The van der Waals surface area contributed by atoms with E-state index >= 15 is 0 Å². The van der Waals surface area contributed by atoms with Crippen molar-refractivity contribution >= 4 is 24.2 Å². The van der Waals surface area contributed by atoms with E-state index in [1.165, 1.54) is 12.8 Å². The third-order valence-corrected chi connectivity index (χ3v) is 5.67. The Bertz CT molecular complexity index is 456. The molecular formula is C19H37ClN4O2. The standard InChI is InChI=1S/C19H36N4O2.ClH/c1-4-9-19(3,20)18(25)23-12-10-22(11-13-23)14-17(24)21-16-7-5-15(2)6-8-16;/h15-16H,4-14,20H2,1-3H3,(H,21,24);1H. The number of carbonyl (C=O) groups excluding carboxylic acids is 2. The molecule has 6 nitrogen and oxygen atoms in total.